The van der Waals surface area contributed by atoms with Crippen LogP contribution >= 0.6 is 0 Å². The van der Waals surface area contributed by atoms with Crippen molar-refractivity contribution in [2.75, 3.05) is 25.7 Å². The molecule has 2 N–H and O–H groups in total. The first kappa shape index (κ1) is 26.9. The van der Waals surface area contributed by atoms with E-state index >= 15 is 4.39 Å². The van der Waals surface area contributed by atoms with E-state index in [0.29, 0.717) is 51.9 Å². The van der Waals surface area contributed by atoms with E-state index in [2.05, 4.69) is 20.4 Å². The number of imidazole rings is 1. The number of benzene rings is 1. The van der Waals surface area contributed by atoms with Crippen LogP contribution in [0.15, 0.2) is 41.5 Å². The highest BCUT2D eigenvalue weighted by Gasteiger charge is 2.40. The van der Waals surface area contributed by atoms with Crippen molar-refractivity contribution in [1.82, 2.24) is 34.2 Å². The number of methoxy groups -OCH3 is 1. The summed E-state index contributed by atoms with van der Waals surface area (Å²) in [5, 5.41) is 7.37. The summed E-state index contributed by atoms with van der Waals surface area (Å²) in [5.41, 5.74) is 4.12. The van der Waals surface area contributed by atoms with Crippen LogP contribution in [0.2, 0.25) is 0 Å². The molecule has 2 aliphatic heterocycles. The van der Waals surface area contributed by atoms with Crippen molar-refractivity contribution in [3.63, 3.8) is 0 Å². The molecule has 4 bridgehead atoms. The van der Waals surface area contributed by atoms with Crippen LogP contribution in [0.4, 0.5) is 14.9 Å². The van der Waals surface area contributed by atoms with Gasteiger partial charge in [0, 0.05) is 44.6 Å². The third-order valence-corrected chi connectivity index (χ3v) is 8.60. The number of anilines is 1. The van der Waals surface area contributed by atoms with E-state index in [9.17, 15) is 14.4 Å². The van der Waals surface area contributed by atoms with Gasteiger partial charge in [-0.15, -0.1) is 5.10 Å². The molecular weight excluding hydrogens is 559 g/mol. The molecule has 1 aliphatic carbocycles. The number of likely N-dealkylation sites (N-methyl/N-ethyl adjacent to an activating group) is 1. The van der Waals surface area contributed by atoms with Crippen molar-refractivity contribution in [1.29, 1.82) is 0 Å². The van der Waals surface area contributed by atoms with Gasteiger partial charge in [0.1, 0.15) is 12.3 Å². The largest absolute Gasteiger partial charge is 0.453 e. The van der Waals surface area contributed by atoms with Crippen molar-refractivity contribution in [2.45, 2.75) is 31.0 Å². The molecule has 13 nitrogen and oxygen atoms in total. The van der Waals surface area contributed by atoms with Gasteiger partial charge >= 0.3 is 11.8 Å². The molecule has 0 saturated heterocycles. The number of carbonyl (C=O) groups is 2. The Balaban J connectivity index is 1.56. The number of rotatable bonds is 2. The molecule has 222 valence electrons. The molecule has 6 heterocycles. The van der Waals surface area contributed by atoms with Gasteiger partial charge < -0.3 is 24.7 Å². The third-order valence-electron chi connectivity index (χ3n) is 8.60. The van der Waals surface area contributed by atoms with Crippen molar-refractivity contribution >= 4 is 39.8 Å². The number of aryl methyl sites for hydroxylation is 2. The minimum Gasteiger partial charge on any atom is -0.453 e. The second-order valence-corrected chi connectivity index (χ2v) is 11.0. The van der Waals surface area contributed by atoms with Gasteiger partial charge in [-0.2, -0.15) is 4.39 Å². The molecule has 5 aromatic rings. The summed E-state index contributed by atoms with van der Waals surface area (Å²) in [6, 6.07) is 6.38. The fourth-order valence-electron chi connectivity index (χ4n) is 6.44. The van der Waals surface area contributed by atoms with Crippen molar-refractivity contribution in [3.05, 3.63) is 53.1 Å². The molecule has 1 saturated carbocycles. The number of fused-ring (bicyclic) bond motifs is 5. The minimum absolute atomic E-state index is 0.224. The second-order valence-electron chi connectivity index (χ2n) is 11.0. The number of hydrogen-bond acceptors (Lipinski definition) is 7. The Morgan fingerprint density at radius 2 is 1.93 bits per heavy atom. The molecular formula is C29H29FN8O5. The standard InChI is InChI=1S/C29H29FN8O5/c1-35-12-17(26(30)34-35)24-22-14-5-7-15(8-6-14)36(2)21(39)13-43-20-10-16(9-18(20)32-28(40)42-4)38-25-19(37(3)29(38)41)11-31-27(33-24)23(22)25/h5-8,11-12,16,18,20H,9-10,13H2,1-4H3,(H,31,33)(H,32,40)/t16-,18-,20+/m0/s1. The number of nitrogens with zero attached hydrogens (tertiary/aromatic N) is 6. The Morgan fingerprint density at radius 3 is 2.63 bits per heavy atom. The lowest BCUT2D eigenvalue weighted by molar-refractivity contribution is -0.125. The van der Waals surface area contributed by atoms with Crippen LogP contribution in [-0.2, 0) is 28.4 Å². The molecule has 1 aromatic carbocycles. The van der Waals surface area contributed by atoms with Gasteiger partial charge in [0.25, 0.3) is 5.91 Å². The molecule has 0 unspecified atom stereocenters. The monoisotopic (exact) mass is 588 g/mol. The number of nitrogens with one attached hydrogen (secondary N) is 2. The van der Waals surface area contributed by atoms with Gasteiger partial charge in [-0.1, -0.05) is 12.1 Å². The van der Waals surface area contributed by atoms with Gasteiger partial charge in [-0.25, -0.2) is 14.6 Å². The van der Waals surface area contributed by atoms with Crippen LogP contribution in [0, 0.1) is 5.95 Å². The average Bonchev–Trinajstić information content (AvgIpc) is 3.73. The number of amides is 2. The highest BCUT2D eigenvalue weighted by atomic mass is 19.1. The van der Waals surface area contributed by atoms with E-state index in [-0.39, 0.29) is 23.8 Å². The smallest absolute Gasteiger partial charge is 0.407 e. The summed E-state index contributed by atoms with van der Waals surface area (Å²) in [6.07, 6.45) is 2.70. The van der Waals surface area contributed by atoms with Crippen LogP contribution in [0.3, 0.4) is 0 Å². The molecule has 43 heavy (non-hydrogen) atoms. The molecule has 1 fully saturated rings. The van der Waals surface area contributed by atoms with E-state index in [1.807, 2.05) is 12.1 Å². The molecule has 3 aliphatic rings. The van der Waals surface area contributed by atoms with Crippen LogP contribution in [-0.4, -0.2) is 73.8 Å². The SMILES string of the molecule is COC(=O)N[C@H]1C[C@H]2C[C@H]1OCC(=O)N(C)c1ccc(cc1)-c1c(-c3cn(C)nc3F)[nH]c3ncc4c(c13)n2c(=O)n4C. The van der Waals surface area contributed by atoms with Gasteiger partial charge in [0.2, 0.25) is 5.95 Å². The first-order chi connectivity index (χ1) is 20.7. The number of ether oxygens (including phenoxy) is 2. The zero-order valence-corrected chi connectivity index (χ0v) is 23.9. The number of halogens is 1. The summed E-state index contributed by atoms with van der Waals surface area (Å²) in [7, 11) is 6.25. The molecule has 0 radical (unpaired) electrons. The average molecular weight is 589 g/mol. The number of aromatic amines is 1. The van der Waals surface area contributed by atoms with Gasteiger partial charge in [-0.3, -0.25) is 18.6 Å². The summed E-state index contributed by atoms with van der Waals surface area (Å²) in [6.45, 7) is -0.224. The lowest BCUT2D eigenvalue weighted by Gasteiger charge is -2.22. The summed E-state index contributed by atoms with van der Waals surface area (Å²) in [4.78, 5) is 48.8. The fraction of sp³-hybridized carbons (Fsp3) is 0.345. The first-order valence-corrected chi connectivity index (χ1v) is 13.8. The third kappa shape index (κ3) is 4.12. The van der Waals surface area contributed by atoms with Crippen molar-refractivity contribution < 1.29 is 23.5 Å². The highest BCUT2D eigenvalue weighted by molar-refractivity contribution is 6.14. The number of pyridine rings is 1. The number of H-pyrrole nitrogens is 1. The zero-order chi connectivity index (χ0) is 30.2. The molecule has 0 spiro atoms. The Hall–Kier alpha value is -4.98. The van der Waals surface area contributed by atoms with Crippen LogP contribution in [0.5, 0.6) is 0 Å². The minimum atomic E-state index is -0.655. The predicted molar refractivity (Wildman–Crippen MR) is 155 cm³/mol. The fourth-order valence-corrected chi connectivity index (χ4v) is 6.44. The second kappa shape index (κ2) is 9.80. The van der Waals surface area contributed by atoms with Crippen LogP contribution < -0.4 is 15.9 Å². The molecule has 4 aromatic heterocycles. The Bertz CT molecular complexity index is 1990. The molecule has 2 amide bonds. The van der Waals surface area contributed by atoms with E-state index in [0.717, 1.165) is 5.56 Å². The number of hydrogen-bond donors (Lipinski definition) is 2. The van der Waals surface area contributed by atoms with E-state index in [4.69, 9.17) is 9.47 Å². The first-order valence-electron chi connectivity index (χ1n) is 13.8. The van der Waals surface area contributed by atoms with Crippen LogP contribution in [0.1, 0.15) is 18.9 Å². The summed E-state index contributed by atoms with van der Waals surface area (Å²) in [5.74, 6) is -0.936. The van der Waals surface area contributed by atoms with Gasteiger partial charge in [0.15, 0.2) is 0 Å². The lowest BCUT2D eigenvalue weighted by atomic mass is 9.99. The lowest BCUT2D eigenvalue weighted by Crippen LogP contribution is -2.42. The van der Waals surface area contributed by atoms with E-state index in [1.165, 1.54) is 21.3 Å². The van der Waals surface area contributed by atoms with Crippen molar-refractivity contribution in [2.24, 2.45) is 14.1 Å². The Kier molecular flexibility index (Phi) is 6.13. The zero-order valence-electron chi connectivity index (χ0n) is 23.9. The molecule has 3 atom stereocenters. The van der Waals surface area contributed by atoms with Gasteiger partial charge in [0.05, 0.1) is 53.1 Å². The molecule has 14 heteroatoms. The number of aromatic nitrogens is 6. The van der Waals surface area contributed by atoms with Gasteiger partial charge in [-0.05, 0) is 30.5 Å². The molecule has 8 rings (SSSR count). The predicted octanol–water partition coefficient (Wildman–Crippen LogP) is 2.84. The quantitative estimate of drug-likeness (QED) is 0.323. The Morgan fingerprint density at radius 1 is 1.16 bits per heavy atom. The van der Waals surface area contributed by atoms with E-state index < -0.39 is 30.2 Å². The number of alkyl carbamates (subject to hydrolysis) is 1. The maximum atomic E-state index is 15.2. The number of carbonyl (C=O) groups excluding carboxylic acids is 2. The maximum Gasteiger partial charge on any atom is 0.407 e. The topological polar surface area (TPSA) is 141 Å². The van der Waals surface area contributed by atoms with Crippen molar-refractivity contribution in [3.8, 4) is 22.4 Å². The maximum absolute atomic E-state index is 15.2. The summed E-state index contributed by atoms with van der Waals surface area (Å²) < 4.78 is 30.8. The Labute approximate surface area is 243 Å². The van der Waals surface area contributed by atoms with E-state index in [1.54, 1.807) is 50.2 Å². The van der Waals surface area contributed by atoms with Crippen LogP contribution in [0.25, 0.3) is 44.5 Å². The normalized spacial score (nSPS) is 20.3. The highest BCUT2D eigenvalue weighted by Crippen LogP contribution is 2.43. The summed E-state index contributed by atoms with van der Waals surface area (Å²) >= 11 is 0.